The molecule has 76 heavy (non-hydrogen) atoms. The number of carboxylic acid groups (broad SMARTS) is 3. The van der Waals surface area contributed by atoms with Crippen LogP contribution in [0.15, 0.2) is 0 Å². The third-order valence-electron chi connectivity index (χ3n) is 15.7. The van der Waals surface area contributed by atoms with Crippen molar-refractivity contribution in [2.24, 2.45) is 0 Å². The number of unbranched alkanes of at least 4 members (excludes halogenated alkanes) is 57. The first-order valence-electron chi connectivity index (χ1n) is 34.4. The summed E-state index contributed by atoms with van der Waals surface area (Å²) < 4.78 is 0. The van der Waals surface area contributed by atoms with Crippen molar-refractivity contribution >= 4 is 17.9 Å². The predicted octanol–water partition coefficient (Wildman–Crippen LogP) is 20.8. The fraction of sp³-hybridized carbons (Fsp3) is 0.957. The number of rotatable bonds is 63. The van der Waals surface area contributed by atoms with Crippen LogP contribution in [0.3, 0.4) is 0 Å². The van der Waals surface area contributed by atoms with Crippen molar-refractivity contribution in [2.45, 2.75) is 425 Å². The molecule has 0 rings (SSSR count). The number of carbonyl (C=O) groups excluding carboxylic acids is 3. The average Bonchev–Trinajstić information content (AvgIpc) is 3.39. The molecule has 0 aliphatic carbocycles. The second kappa shape index (κ2) is 78.2. The van der Waals surface area contributed by atoms with E-state index in [4.69, 9.17) is 0 Å². The molecule has 0 unspecified atom stereocenters. The van der Waals surface area contributed by atoms with E-state index < -0.39 is 17.9 Å². The van der Waals surface area contributed by atoms with E-state index in [1.54, 1.807) is 0 Å². The van der Waals surface area contributed by atoms with Gasteiger partial charge in [-0.05, 0) is 38.5 Å². The van der Waals surface area contributed by atoms with Gasteiger partial charge in [-0.3, -0.25) is 0 Å². The average molecular weight is 1120 g/mol. The van der Waals surface area contributed by atoms with Gasteiger partial charge in [0.2, 0.25) is 0 Å². The molecule has 0 bridgehead atoms. The summed E-state index contributed by atoms with van der Waals surface area (Å²) in [4.78, 5) is 30.8. The largest absolute Gasteiger partial charge is 3.00 e. The van der Waals surface area contributed by atoms with E-state index in [-0.39, 0.29) is 36.3 Å². The van der Waals surface area contributed by atoms with Gasteiger partial charge in [0.1, 0.15) is 0 Å². The number of hydrogen-bond donors (Lipinski definition) is 0. The summed E-state index contributed by atoms with van der Waals surface area (Å²) in [5.74, 6) is -2.70. The van der Waals surface area contributed by atoms with Crippen LogP contribution in [0.1, 0.15) is 425 Å². The molecule has 0 aliphatic rings. The van der Waals surface area contributed by atoms with Crippen molar-refractivity contribution in [1.82, 2.24) is 0 Å². The van der Waals surface area contributed by atoms with Crippen LogP contribution in [0.2, 0.25) is 0 Å². The van der Waals surface area contributed by atoms with Crippen LogP contribution in [-0.2, 0) is 31.5 Å². The Morgan fingerprint density at radius 3 is 0.329 bits per heavy atom. The predicted molar refractivity (Wildman–Crippen MR) is 323 cm³/mol. The first kappa shape index (κ1) is 81.4. The molecule has 1 radical (unpaired) electrons. The second-order valence-electron chi connectivity index (χ2n) is 23.5. The van der Waals surface area contributed by atoms with Crippen molar-refractivity contribution < 1.29 is 46.8 Å². The van der Waals surface area contributed by atoms with Gasteiger partial charge in [-0.1, -0.05) is 387 Å². The smallest absolute Gasteiger partial charge is 0.550 e. The Hall–Kier alpha value is -1.07. The van der Waals surface area contributed by atoms with Crippen LogP contribution in [0.5, 0.6) is 0 Å². The topological polar surface area (TPSA) is 120 Å². The fourth-order valence-corrected chi connectivity index (χ4v) is 10.6. The Kier molecular flexibility index (Phi) is 83.7. The van der Waals surface area contributed by atoms with Crippen molar-refractivity contribution in [1.29, 1.82) is 0 Å². The Morgan fingerprint density at radius 2 is 0.250 bits per heavy atom. The zero-order valence-corrected chi connectivity index (χ0v) is 53.0. The SMILES string of the molecule is CCCCCCCCCCCCCCCCCCCCCCC(=O)[O-].CCCCCCCCCCCCCCCCCCCCCCC(=O)[O-].CCCCCCCCCCCCCCCCCCCCCCC(=O)[O-].[Fe+3]. The third-order valence-corrected chi connectivity index (χ3v) is 15.7. The molecule has 0 aromatic heterocycles. The Bertz CT molecular complexity index is 925. The summed E-state index contributed by atoms with van der Waals surface area (Å²) in [7, 11) is 0. The molecule has 0 aromatic carbocycles. The molecule has 0 aliphatic heterocycles. The van der Waals surface area contributed by atoms with Gasteiger partial charge < -0.3 is 29.7 Å². The molecular formula is C69H135FeO6. The van der Waals surface area contributed by atoms with E-state index in [2.05, 4.69) is 20.8 Å². The summed E-state index contributed by atoms with van der Waals surface area (Å²) >= 11 is 0. The van der Waals surface area contributed by atoms with Crippen molar-refractivity contribution in [3.05, 3.63) is 0 Å². The molecule has 0 aromatic rings. The Balaban J connectivity index is -0.000000508. The minimum absolute atomic E-state index is 0. The maximum atomic E-state index is 10.3. The van der Waals surface area contributed by atoms with Gasteiger partial charge in [0.05, 0.1) is 0 Å². The molecule has 455 valence electrons. The minimum atomic E-state index is -0.901. The summed E-state index contributed by atoms with van der Waals surface area (Å²) in [5.41, 5.74) is 0. The molecule has 0 atom stereocenters. The van der Waals surface area contributed by atoms with Gasteiger partial charge in [0, 0.05) is 17.9 Å². The quantitative estimate of drug-likeness (QED) is 0.0442. The van der Waals surface area contributed by atoms with Crippen molar-refractivity contribution in [2.75, 3.05) is 0 Å². The first-order valence-corrected chi connectivity index (χ1v) is 34.4. The molecule has 0 saturated carbocycles. The summed E-state index contributed by atoms with van der Waals surface area (Å²) in [6.07, 6.45) is 81.7. The fourth-order valence-electron chi connectivity index (χ4n) is 10.6. The molecule has 0 amide bonds. The zero-order valence-electron chi connectivity index (χ0n) is 51.9. The molecular weight excluding hydrogens is 981 g/mol. The van der Waals surface area contributed by atoms with Crippen LogP contribution in [0, 0.1) is 0 Å². The van der Waals surface area contributed by atoms with E-state index in [1.165, 1.54) is 347 Å². The normalized spacial score (nSPS) is 10.9. The maximum Gasteiger partial charge on any atom is 3.00 e. The second-order valence-corrected chi connectivity index (χ2v) is 23.5. The number of hydrogen-bond acceptors (Lipinski definition) is 6. The first-order chi connectivity index (χ1) is 36.8. The van der Waals surface area contributed by atoms with Gasteiger partial charge >= 0.3 is 17.1 Å². The zero-order chi connectivity index (χ0) is 55.3. The van der Waals surface area contributed by atoms with Crippen molar-refractivity contribution in [3.63, 3.8) is 0 Å². The standard InChI is InChI=1S/3C23H46O2.Fe/c3*1-2-3-4-5-6-7-8-9-10-11-12-13-14-15-16-17-18-19-20-21-22-23(24)25;/h3*2-22H2,1H3,(H,24,25);/q;;;+3/p-3. The molecule has 0 heterocycles. The van der Waals surface area contributed by atoms with Gasteiger partial charge in [-0.25, -0.2) is 0 Å². The summed E-state index contributed by atoms with van der Waals surface area (Å²) in [5, 5.41) is 30.8. The van der Waals surface area contributed by atoms with Gasteiger partial charge in [0.25, 0.3) is 0 Å². The Morgan fingerprint density at radius 1 is 0.171 bits per heavy atom. The molecule has 0 fully saturated rings. The van der Waals surface area contributed by atoms with E-state index in [9.17, 15) is 29.7 Å². The van der Waals surface area contributed by atoms with Crippen molar-refractivity contribution in [3.8, 4) is 0 Å². The van der Waals surface area contributed by atoms with E-state index in [0.717, 1.165) is 38.5 Å². The van der Waals surface area contributed by atoms with Crippen LogP contribution in [0.4, 0.5) is 0 Å². The number of carbonyl (C=O) groups is 3. The number of aliphatic carboxylic acids is 3. The summed E-state index contributed by atoms with van der Waals surface area (Å²) in [6.45, 7) is 6.85. The van der Waals surface area contributed by atoms with Crippen LogP contribution < -0.4 is 15.3 Å². The van der Waals surface area contributed by atoms with Crippen LogP contribution >= 0.6 is 0 Å². The molecule has 0 N–H and O–H groups in total. The molecule has 0 saturated heterocycles. The van der Waals surface area contributed by atoms with E-state index in [0.29, 0.717) is 0 Å². The monoisotopic (exact) mass is 1120 g/mol. The summed E-state index contributed by atoms with van der Waals surface area (Å²) in [6, 6.07) is 0. The van der Waals surface area contributed by atoms with E-state index >= 15 is 0 Å². The van der Waals surface area contributed by atoms with Gasteiger partial charge in [-0.2, -0.15) is 0 Å². The maximum absolute atomic E-state index is 10.3. The van der Waals surface area contributed by atoms with Gasteiger partial charge in [-0.15, -0.1) is 0 Å². The van der Waals surface area contributed by atoms with E-state index in [1.807, 2.05) is 0 Å². The molecule has 7 heteroatoms. The molecule has 6 nitrogen and oxygen atoms in total. The molecule has 0 spiro atoms. The van der Waals surface area contributed by atoms with Crippen LogP contribution in [0.25, 0.3) is 0 Å². The third kappa shape index (κ3) is 89.5. The Labute approximate surface area is 487 Å². The minimum Gasteiger partial charge on any atom is -0.550 e. The van der Waals surface area contributed by atoms with Gasteiger partial charge in [0.15, 0.2) is 0 Å². The number of carboxylic acids is 3. The van der Waals surface area contributed by atoms with Crippen LogP contribution in [-0.4, -0.2) is 17.9 Å².